The van der Waals surface area contributed by atoms with E-state index in [1.54, 1.807) is 0 Å². The zero-order valence-corrected chi connectivity index (χ0v) is 28.2. The quantitative estimate of drug-likeness (QED) is 0.187. The molecule has 0 amide bonds. The van der Waals surface area contributed by atoms with E-state index in [0.717, 1.165) is 39.4 Å². The molecule has 0 aliphatic carbocycles. The number of thiophene rings is 1. The molecule has 0 saturated heterocycles. The summed E-state index contributed by atoms with van der Waals surface area (Å²) < 4.78 is 7.31. The maximum atomic E-state index is 5.28. The summed E-state index contributed by atoms with van der Waals surface area (Å²) in [5, 5.41) is 7.62. The van der Waals surface area contributed by atoms with Crippen molar-refractivity contribution in [3.05, 3.63) is 170 Å². The number of hydrogen-bond donors (Lipinski definition) is 0. The number of aromatic nitrogens is 4. The second kappa shape index (κ2) is 11.0. The van der Waals surface area contributed by atoms with Crippen molar-refractivity contribution < 1.29 is 0 Å². The summed E-state index contributed by atoms with van der Waals surface area (Å²) in [6, 6.07) is 60.3. The lowest BCUT2D eigenvalue weighted by molar-refractivity contribution is 1.05. The van der Waals surface area contributed by atoms with Crippen LogP contribution in [0.1, 0.15) is 0 Å². The van der Waals surface area contributed by atoms with Crippen molar-refractivity contribution in [1.29, 1.82) is 0 Å². The fourth-order valence-corrected chi connectivity index (χ4v) is 9.11. The van der Waals surface area contributed by atoms with Crippen LogP contribution in [0.2, 0.25) is 0 Å². The number of para-hydroxylation sites is 3. The van der Waals surface area contributed by atoms with Crippen LogP contribution in [-0.4, -0.2) is 19.1 Å². The summed E-state index contributed by atoms with van der Waals surface area (Å²) in [4.78, 5) is 10.4. The molecule has 51 heavy (non-hydrogen) atoms. The minimum absolute atomic E-state index is 0.704. The number of hydrogen-bond acceptors (Lipinski definition) is 3. The summed E-state index contributed by atoms with van der Waals surface area (Å²) in [5.41, 5.74) is 8.77. The van der Waals surface area contributed by atoms with Gasteiger partial charge < -0.3 is 4.57 Å². The van der Waals surface area contributed by atoms with Crippen LogP contribution >= 0.6 is 11.3 Å². The maximum Gasteiger partial charge on any atom is 0.162 e. The highest BCUT2D eigenvalue weighted by Crippen LogP contribution is 2.48. The van der Waals surface area contributed by atoms with Crippen molar-refractivity contribution in [1.82, 2.24) is 19.1 Å². The first kappa shape index (κ1) is 28.3. The molecule has 4 aromatic heterocycles. The summed E-state index contributed by atoms with van der Waals surface area (Å²) >= 11 is 1.87. The van der Waals surface area contributed by atoms with Crippen molar-refractivity contribution >= 4 is 75.1 Å². The van der Waals surface area contributed by atoms with Crippen LogP contribution in [0.25, 0.3) is 97.9 Å². The van der Waals surface area contributed by atoms with Gasteiger partial charge in [0.15, 0.2) is 5.82 Å². The van der Waals surface area contributed by atoms with Crippen LogP contribution in [-0.2, 0) is 0 Å². The highest BCUT2D eigenvalue weighted by atomic mass is 32.1. The van der Waals surface area contributed by atoms with Gasteiger partial charge >= 0.3 is 0 Å². The van der Waals surface area contributed by atoms with Crippen LogP contribution in [0.4, 0.5) is 0 Å². The summed E-state index contributed by atoms with van der Waals surface area (Å²) in [7, 11) is 0. The molecular weight excluding hydrogens is 641 g/mol. The molecule has 0 aliphatic heterocycles. The van der Waals surface area contributed by atoms with Crippen molar-refractivity contribution in [3.8, 4) is 34.2 Å². The van der Waals surface area contributed by atoms with Crippen molar-refractivity contribution in [3.63, 3.8) is 0 Å². The molecule has 5 heteroatoms. The summed E-state index contributed by atoms with van der Waals surface area (Å²) in [6.07, 6.45) is 0. The summed E-state index contributed by atoms with van der Waals surface area (Å²) in [5.74, 6) is 1.55. The second-order valence-corrected chi connectivity index (χ2v) is 14.1. The molecule has 0 N–H and O–H groups in total. The van der Waals surface area contributed by atoms with E-state index in [9.17, 15) is 0 Å². The average molecular weight is 669 g/mol. The first-order valence-corrected chi connectivity index (χ1v) is 18.0. The van der Waals surface area contributed by atoms with Crippen LogP contribution < -0.4 is 0 Å². The van der Waals surface area contributed by atoms with E-state index in [-0.39, 0.29) is 0 Å². The minimum Gasteiger partial charge on any atom is -0.309 e. The Morgan fingerprint density at radius 1 is 0.392 bits per heavy atom. The van der Waals surface area contributed by atoms with E-state index in [4.69, 9.17) is 9.97 Å². The van der Waals surface area contributed by atoms with E-state index in [0.29, 0.717) is 5.82 Å². The maximum absolute atomic E-state index is 5.28. The molecule has 0 fully saturated rings. The number of rotatable bonds is 4. The predicted molar refractivity (Wildman–Crippen MR) is 214 cm³/mol. The van der Waals surface area contributed by atoms with Crippen LogP contribution in [0.15, 0.2) is 170 Å². The van der Waals surface area contributed by atoms with Gasteiger partial charge in [0.05, 0.1) is 27.8 Å². The zero-order chi connectivity index (χ0) is 33.5. The Kier molecular flexibility index (Phi) is 6.09. The van der Waals surface area contributed by atoms with E-state index in [2.05, 4.69) is 155 Å². The Hall–Kier alpha value is -6.56. The number of nitrogens with zero attached hydrogens (tertiary/aromatic N) is 4. The smallest absolute Gasteiger partial charge is 0.162 e. The molecule has 0 atom stereocenters. The normalized spacial score (nSPS) is 11.9. The van der Waals surface area contributed by atoms with E-state index >= 15 is 0 Å². The zero-order valence-electron chi connectivity index (χ0n) is 27.4. The van der Waals surface area contributed by atoms with Crippen LogP contribution in [0.5, 0.6) is 0 Å². The average Bonchev–Trinajstić information content (AvgIpc) is 3.86. The molecule has 0 saturated carbocycles. The molecule has 0 spiro atoms. The summed E-state index contributed by atoms with van der Waals surface area (Å²) in [6.45, 7) is 0. The van der Waals surface area contributed by atoms with Gasteiger partial charge in [-0.25, -0.2) is 9.97 Å². The first-order valence-electron chi connectivity index (χ1n) is 17.2. The van der Waals surface area contributed by atoms with Crippen molar-refractivity contribution in [2.45, 2.75) is 0 Å². The second-order valence-electron chi connectivity index (χ2n) is 13.0. The lowest BCUT2D eigenvalue weighted by Crippen LogP contribution is -2.02. The topological polar surface area (TPSA) is 35.6 Å². The van der Waals surface area contributed by atoms with Gasteiger partial charge in [-0.3, -0.25) is 4.57 Å². The molecule has 7 aromatic carbocycles. The van der Waals surface area contributed by atoms with Gasteiger partial charge in [0.2, 0.25) is 0 Å². The SMILES string of the molecule is c1ccc(-c2cc(-n3c4ccccc4c4c5c(ccc43)sc3ccc4c(c6ccccc6n4-c4ccccc4)c35)nc(-c3ccccc3)n2)cc1. The third kappa shape index (κ3) is 4.19. The lowest BCUT2D eigenvalue weighted by Gasteiger charge is -2.12. The van der Waals surface area contributed by atoms with E-state index in [1.165, 1.54) is 52.8 Å². The van der Waals surface area contributed by atoms with Gasteiger partial charge in [-0.2, -0.15) is 0 Å². The standard InChI is InChI=1S/C46H28N4S/c1-4-14-29(15-5-1)34-28-41(48-46(47-34)30-16-6-2-7-17-30)50-36-23-13-11-21-33(36)43-38(50)25-27-40-45(43)44-39(51-40)26-24-37-42(44)32-20-10-12-22-35(32)49(37)31-18-8-3-9-19-31/h1-28H. The predicted octanol–water partition coefficient (Wildman–Crippen LogP) is 12.4. The largest absolute Gasteiger partial charge is 0.309 e. The fourth-order valence-electron chi connectivity index (χ4n) is 7.99. The minimum atomic E-state index is 0.704. The number of benzene rings is 7. The third-order valence-electron chi connectivity index (χ3n) is 10.1. The van der Waals surface area contributed by atoms with Crippen molar-refractivity contribution in [2.75, 3.05) is 0 Å². The van der Waals surface area contributed by atoms with E-state index in [1.807, 2.05) is 35.6 Å². The van der Waals surface area contributed by atoms with Crippen LogP contribution in [0, 0.1) is 0 Å². The molecule has 0 aliphatic rings. The Morgan fingerprint density at radius 3 is 1.53 bits per heavy atom. The van der Waals surface area contributed by atoms with Gasteiger partial charge in [0.25, 0.3) is 0 Å². The lowest BCUT2D eigenvalue weighted by atomic mass is 10.0. The van der Waals surface area contributed by atoms with Gasteiger partial charge in [0, 0.05) is 64.6 Å². The fraction of sp³-hybridized carbons (Fsp3) is 0. The van der Waals surface area contributed by atoms with Gasteiger partial charge in [-0.15, -0.1) is 11.3 Å². The van der Waals surface area contributed by atoms with E-state index < -0.39 is 0 Å². The Balaban J connectivity index is 1.28. The van der Waals surface area contributed by atoms with Gasteiger partial charge in [-0.05, 0) is 48.5 Å². The molecule has 238 valence electrons. The first-order chi connectivity index (χ1) is 25.3. The molecule has 0 unspecified atom stereocenters. The van der Waals surface area contributed by atoms with Gasteiger partial charge in [0.1, 0.15) is 5.82 Å². The third-order valence-corrected chi connectivity index (χ3v) is 11.2. The Bertz CT molecular complexity index is 3060. The van der Waals surface area contributed by atoms with Crippen LogP contribution in [0.3, 0.4) is 0 Å². The highest BCUT2D eigenvalue weighted by molar-refractivity contribution is 7.26. The van der Waals surface area contributed by atoms with Gasteiger partial charge in [-0.1, -0.05) is 115 Å². The molecule has 11 rings (SSSR count). The molecule has 11 aromatic rings. The Labute approximate surface area is 297 Å². The molecule has 4 heterocycles. The number of fused-ring (bicyclic) bond motifs is 11. The van der Waals surface area contributed by atoms with Crippen molar-refractivity contribution in [2.24, 2.45) is 0 Å². The highest BCUT2D eigenvalue weighted by Gasteiger charge is 2.23. The molecule has 0 radical (unpaired) electrons. The Morgan fingerprint density at radius 2 is 0.902 bits per heavy atom. The molecule has 0 bridgehead atoms. The molecule has 4 nitrogen and oxygen atoms in total. The molecular formula is C46H28N4S. The monoisotopic (exact) mass is 668 g/mol.